The molecule has 2 atom stereocenters. The predicted octanol–water partition coefficient (Wildman–Crippen LogP) is 2.13. The van der Waals surface area contributed by atoms with Crippen LogP contribution in [-0.2, 0) is 0 Å². The van der Waals surface area contributed by atoms with Crippen molar-refractivity contribution in [2.24, 2.45) is 11.7 Å². The van der Waals surface area contributed by atoms with E-state index in [2.05, 4.69) is 11.9 Å². The summed E-state index contributed by atoms with van der Waals surface area (Å²) in [7, 11) is 2.15. The van der Waals surface area contributed by atoms with Gasteiger partial charge in [0.05, 0.1) is 5.60 Å². The summed E-state index contributed by atoms with van der Waals surface area (Å²) >= 11 is 0. The molecule has 2 saturated carbocycles. The first-order chi connectivity index (χ1) is 8.59. The van der Waals surface area contributed by atoms with Crippen LogP contribution in [-0.4, -0.2) is 41.8 Å². The van der Waals surface area contributed by atoms with Crippen LogP contribution in [0.3, 0.4) is 0 Å². The average molecular weight is 254 g/mol. The zero-order chi connectivity index (χ0) is 13.0. The molecule has 3 N–H and O–H groups in total. The molecule has 3 heteroatoms. The monoisotopic (exact) mass is 254 g/mol. The molecule has 0 aromatic rings. The minimum absolute atomic E-state index is 0.369. The summed E-state index contributed by atoms with van der Waals surface area (Å²) in [6.45, 7) is 1.89. The molecule has 0 saturated heterocycles. The number of likely N-dealkylation sites (N-methyl/N-ethyl adjacent to an activating group) is 1. The summed E-state index contributed by atoms with van der Waals surface area (Å²) in [5, 5.41) is 10.4. The molecule has 0 bridgehead atoms. The van der Waals surface area contributed by atoms with Crippen molar-refractivity contribution in [3.8, 4) is 0 Å². The number of nitrogens with zero attached hydrogens (tertiary/aromatic N) is 1. The summed E-state index contributed by atoms with van der Waals surface area (Å²) < 4.78 is 0. The van der Waals surface area contributed by atoms with Crippen LogP contribution in [0, 0.1) is 5.92 Å². The van der Waals surface area contributed by atoms with E-state index in [0.717, 1.165) is 25.9 Å². The fourth-order valence-electron chi connectivity index (χ4n) is 3.80. The van der Waals surface area contributed by atoms with Crippen molar-refractivity contribution < 1.29 is 5.11 Å². The van der Waals surface area contributed by atoms with Gasteiger partial charge in [-0.3, -0.25) is 0 Å². The Balaban J connectivity index is 1.80. The molecule has 0 aromatic heterocycles. The van der Waals surface area contributed by atoms with Crippen LogP contribution in [0.1, 0.15) is 57.8 Å². The van der Waals surface area contributed by atoms with Crippen molar-refractivity contribution in [1.82, 2.24) is 4.90 Å². The molecule has 0 radical (unpaired) electrons. The van der Waals surface area contributed by atoms with Crippen LogP contribution in [0.15, 0.2) is 0 Å². The summed E-state index contributed by atoms with van der Waals surface area (Å²) in [6.07, 6.45) is 10.8. The molecular weight excluding hydrogens is 224 g/mol. The molecule has 2 fully saturated rings. The number of hydrogen-bond acceptors (Lipinski definition) is 3. The number of hydrogen-bond donors (Lipinski definition) is 2. The number of rotatable bonds is 4. The normalized spacial score (nSPS) is 32.7. The van der Waals surface area contributed by atoms with Crippen molar-refractivity contribution in [3.05, 3.63) is 0 Å². The molecule has 106 valence electrons. The van der Waals surface area contributed by atoms with Crippen LogP contribution >= 0.6 is 0 Å². The molecule has 0 spiro atoms. The molecular formula is C15H30N2O. The lowest BCUT2D eigenvalue weighted by molar-refractivity contribution is 0.0117. The summed E-state index contributed by atoms with van der Waals surface area (Å²) in [5.74, 6) is 0.627. The van der Waals surface area contributed by atoms with Crippen molar-refractivity contribution in [3.63, 3.8) is 0 Å². The van der Waals surface area contributed by atoms with Crippen LogP contribution in [0.2, 0.25) is 0 Å². The topological polar surface area (TPSA) is 49.5 Å². The minimum atomic E-state index is -0.413. The van der Waals surface area contributed by atoms with Crippen LogP contribution < -0.4 is 5.73 Å². The molecule has 0 aliphatic heterocycles. The largest absolute Gasteiger partial charge is 0.389 e. The second-order valence-corrected chi connectivity index (χ2v) is 6.69. The Bertz CT molecular complexity index is 251. The highest BCUT2D eigenvalue weighted by molar-refractivity contribution is 4.88. The third-order valence-corrected chi connectivity index (χ3v) is 4.86. The standard InChI is InChI=1S/C15H30N2O/c1-17(12-15(18)9-5-6-10-15)11-13-7-3-2-4-8-14(13)16/h13-14,18H,2-12,16H2,1H3. The predicted molar refractivity (Wildman–Crippen MR) is 75.5 cm³/mol. The fraction of sp³-hybridized carbons (Fsp3) is 1.00. The Kier molecular flexibility index (Phi) is 5.05. The maximum absolute atomic E-state index is 10.4. The van der Waals surface area contributed by atoms with Gasteiger partial charge in [0.1, 0.15) is 0 Å². The number of aliphatic hydroxyl groups is 1. The second kappa shape index (κ2) is 6.36. The molecule has 0 heterocycles. The average Bonchev–Trinajstić information content (AvgIpc) is 2.63. The minimum Gasteiger partial charge on any atom is -0.389 e. The van der Waals surface area contributed by atoms with Gasteiger partial charge in [-0.15, -0.1) is 0 Å². The lowest BCUT2D eigenvalue weighted by Gasteiger charge is -2.32. The van der Waals surface area contributed by atoms with Gasteiger partial charge in [-0.25, -0.2) is 0 Å². The highest BCUT2D eigenvalue weighted by atomic mass is 16.3. The fourth-order valence-corrected chi connectivity index (χ4v) is 3.80. The third kappa shape index (κ3) is 3.94. The first-order valence-electron chi connectivity index (χ1n) is 7.76. The van der Waals surface area contributed by atoms with Crippen LogP contribution in [0.25, 0.3) is 0 Å². The molecule has 2 unspecified atom stereocenters. The molecule has 3 nitrogen and oxygen atoms in total. The molecule has 2 rings (SSSR count). The van der Waals surface area contributed by atoms with Gasteiger partial charge in [-0.05, 0) is 38.6 Å². The van der Waals surface area contributed by atoms with E-state index in [9.17, 15) is 5.11 Å². The van der Waals surface area contributed by atoms with Gasteiger partial charge in [-0.2, -0.15) is 0 Å². The quantitative estimate of drug-likeness (QED) is 0.756. The van der Waals surface area contributed by atoms with E-state index in [0.29, 0.717) is 12.0 Å². The van der Waals surface area contributed by atoms with Gasteiger partial charge in [0, 0.05) is 19.1 Å². The molecule has 0 amide bonds. The Hall–Kier alpha value is -0.120. The van der Waals surface area contributed by atoms with Gasteiger partial charge in [0.25, 0.3) is 0 Å². The Morgan fingerprint density at radius 3 is 2.50 bits per heavy atom. The first kappa shape index (κ1) is 14.3. The lowest BCUT2D eigenvalue weighted by atomic mass is 9.94. The van der Waals surface area contributed by atoms with Crippen molar-refractivity contribution in [2.45, 2.75) is 69.4 Å². The molecule has 2 aliphatic carbocycles. The van der Waals surface area contributed by atoms with Crippen molar-refractivity contribution in [1.29, 1.82) is 0 Å². The van der Waals surface area contributed by atoms with E-state index in [1.54, 1.807) is 0 Å². The number of nitrogens with two attached hydrogens (primary N) is 1. The van der Waals surface area contributed by atoms with Crippen LogP contribution in [0.4, 0.5) is 0 Å². The Labute approximate surface area is 112 Å². The van der Waals surface area contributed by atoms with Gasteiger partial charge < -0.3 is 15.7 Å². The maximum atomic E-state index is 10.4. The van der Waals surface area contributed by atoms with Crippen LogP contribution in [0.5, 0.6) is 0 Å². The molecule has 18 heavy (non-hydrogen) atoms. The SMILES string of the molecule is CN(CC1CCCCCC1N)CC1(O)CCCC1. The summed E-state index contributed by atoms with van der Waals surface area (Å²) in [5.41, 5.74) is 5.87. The van der Waals surface area contributed by atoms with E-state index in [1.807, 2.05) is 0 Å². The Morgan fingerprint density at radius 2 is 1.78 bits per heavy atom. The van der Waals surface area contributed by atoms with Gasteiger partial charge in [0.15, 0.2) is 0 Å². The van der Waals surface area contributed by atoms with Gasteiger partial charge >= 0.3 is 0 Å². The van der Waals surface area contributed by atoms with E-state index in [1.165, 1.54) is 44.9 Å². The van der Waals surface area contributed by atoms with Gasteiger partial charge in [0.2, 0.25) is 0 Å². The van der Waals surface area contributed by atoms with Crippen molar-refractivity contribution in [2.75, 3.05) is 20.1 Å². The summed E-state index contributed by atoms with van der Waals surface area (Å²) in [6, 6.07) is 0.369. The third-order valence-electron chi connectivity index (χ3n) is 4.86. The van der Waals surface area contributed by atoms with E-state index >= 15 is 0 Å². The lowest BCUT2D eigenvalue weighted by Crippen LogP contribution is -2.44. The Morgan fingerprint density at radius 1 is 1.11 bits per heavy atom. The first-order valence-corrected chi connectivity index (χ1v) is 7.76. The summed E-state index contributed by atoms with van der Waals surface area (Å²) in [4.78, 5) is 2.32. The van der Waals surface area contributed by atoms with Gasteiger partial charge in [-0.1, -0.05) is 32.1 Å². The zero-order valence-corrected chi connectivity index (χ0v) is 11.9. The zero-order valence-electron chi connectivity index (χ0n) is 11.9. The maximum Gasteiger partial charge on any atom is 0.0774 e. The van der Waals surface area contributed by atoms with E-state index in [-0.39, 0.29) is 0 Å². The molecule has 2 aliphatic rings. The van der Waals surface area contributed by atoms with E-state index < -0.39 is 5.60 Å². The molecule has 0 aromatic carbocycles. The smallest absolute Gasteiger partial charge is 0.0774 e. The second-order valence-electron chi connectivity index (χ2n) is 6.69. The highest BCUT2D eigenvalue weighted by Crippen LogP contribution is 2.30. The van der Waals surface area contributed by atoms with Crippen molar-refractivity contribution >= 4 is 0 Å². The highest BCUT2D eigenvalue weighted by Gasteiger charge is 2.33. The van der Waals surface area contributed by atoms with E-state index in [4.69, 9.17) is 5.73 Å².